The minimum Gasteiger partial charge on any atom is -0.396 e. The Morgan fingerprint density at radius 1 is 1.31 bits per heavy atom. The van der Waals surface area contributed by atoms with Gasteiger partial charge in [-0.2, -0.15) is 0 Å². The Morgan fingerprint density at radius 2 is 2.19 bits per heavy atom. The first-order valence-electron chi connectivity index (χ1n) is 5.20. The number of pyridine rings is 1. The molecule has 0 atom stereocenters. The zero-order chi connectivity index (χ0) is 11.4. The van der Waals surface area contributed by atoms with Crippen LogP contribution in [-0.2, 0) is 0 Å². The number of benzene rings is 1. The highest BCUT2D eigenvalue weighted by atomic mass is 19.1. The summed E-state index contributed by atoms with van der Waals surface area (Å²) < 4.78 is 13.1. The lowest BCUT2D eigenvalue weighted by Crippen LogP contribution is -2.05. The van der Waals surface area contributed by atoms with Gasteiger partial charge in [0.15, 0.2) is 0 Å². The van der Waals surface area contributed by atoms with Crippen LogP contribution in [0, 0.1) is 5.82 Å². The minimum absolute atomic E-state index is 0.131. The van der Waals surface area contributed by atoms with Gasteiger partial charge in [-0.05, 0) is 30.0 Å². The van der Waals surface area contributed by atoms with Crippen molar-refractivity contribution < 1.29 is 9.50 Å². The van der Waals surface area contributed by atoms with Gasteiger partial charge in [0.05, 0.1) is 0 Å². The van der Waals surface area contributed by atoms with Crippen molar-refractivity contribution >= 4 is 16.6 Å². The van der Waals surface area contributed by atoms with Crippen LogP contribution < -0.4 is 5.32 Å². The summed E-state index contributed by atoms with van der Waals surface area (Å²) in [5.74, 6) is 0.385. The van der Waals surface area contributed by atoms with E-state index in [2.05, 4.69) is 10.3 Å². The second-order valence-corrected chi connectivity index (χ2v) is 3.53. The number of aliphatic hydroxyl groups is 1. The van der Waals surface area contributed by atoms with E-state index in [0.717, 1.165) is 10.8 Å². The van der Waals surface area contributed by atoms with Crippen molar-refractivity contribution in [2.45, 2.75) is 6.42 Å². The third-order valence-electron chi connectivity index (χ3n) is 2.36. The van der Waals surface area contributed by atoms with Crippen LogP contribution in [0.15, 0.2) is 30.5 Å². The molecule has 0 unspecified atom stereocenters. The third kappa shape index (κ3) is 2.28. The van der Waals surface area contributed by atoms with Gasteiger partial charge in [-0.1, -0.05) is 6.07 Å². The van der Waals surface area contributed by atoms with Crippen molar-refractivity contribution in [1.82, 2.24) is 4.98 Å². The van der Waals surface area contributed by atoms with Crippen molar-refractivity contribution in [2.24, 2.45) is 0 Å². The van der Waals surface area contributed by atoms with Crippen molar-refractivity contribution in [2.75, 3.05) is 18.5 Å². The smallest absolute Gasteiger partial charge is 0.133 e. The molecule has 1 aromatic carbocycles. The quantitative estimate of drug-likeness (QED) is 0.776. The Bertz CT molecular complexity index is 487. The number of nitrogens with one attached hydrogen (secondary N) is 1. The zero-order valence-corrected chi connectivity index (χ0v) is 8.78. The Morgan fingerprint density at radius 3 is 3.00 bits per heavy atom. The van der Waals surface area contributed by atoms with E-state index >= 15 is 0 Å². The topological polar surface area (TPSA) is 45.1 Å². The fourth-order valence-electron chi connectivity index (χ4n) is 1.57. The van der Waals surface area contributed by atoms with Gasteiger partial charge < -0.3 is 10.4 Å². The molecule has 0 spiro atoms. The molecule has 0 bridgehead atoms. The van der Waals surface area contributed by atoms with Crippen LogP contribution in [0.2, 0.25) is 0 Å². The molecular weight excluding hydrogens is 207 g/mol. The van der Waals surface area contributed by atoms with E-state index in [4.69, 9.17) is 5.11 Å². The van der Waals surface area contributed by atoms with E-state index in [9.17, 15) is 4.39 Å². The van der Waals surface area contributed by atoms with Crippen LogP contribution in [0.3, 0.4) is 0 Å². The zero-order valence-electron chi connectivity index (χ0n) is 8.78. The number of rotatable bonds is 4. The molecule has 2 N–H and O–H groups in total. The normalized spacial score (nSPS) is 10.6. The molecule has 0 aliphatic rings. The second-order valence-electron chi connectivity index (χ2n) is 3.53. The molecule has 0 saturated carbocycles. The summed E-state index contributed by atoms with van der Waals surface area (Å²) in [5.41, 5.74) is 0. The van der Waals surface area contributed by atoms with Crippen LogP contribution in [0.25, 0.3) is 10.8 Å². The number of hydrogen-bond acceptors (Lipinski definition) is 3. The molecule has 1 aromatic heterocycles. The first kappa shape index (κ1) is 10.8. The van der Waals surface area contributed by atoms with E-state index in [-0.39, 0.29) is 12.4 Å². The molecule has 2 rings (SSSR count). The number of anilines is 1. The highest BCUT2D eigenvalue weighted by Crippen LogP contribution is 2.21. The van der Waals surface area contributed by atoms with Crippen molar-refractivity contribution in [3.05, 3.63) is 36.3 Å². The number of aliphatic hydroxyl groups excluding tert-OH is 1. The van der Waals surface area contributed by atoms with Crippen LogP contribution >= 0.6 is 0 Å². The molecule has 4 heteroatoms. The van der Waals surface area contributed by atoms with Crippen LogP contribution in [0.4, 0.5) is 10.2 Å². The molecule has 0 saturated heterocycles. The van der Waals surface area contributed by atoms with Gasteiger partial charge >= 0.3 is 0 Å². The standard InChI is InChI=1S/C12H13FN2O/c13-10-3-2-9-4-6-15-12(11(9)8-10)14-5-1-7-16/h2-4,6,8,16H,1,5,7H2,(H,14,15). The average Bonchev–Trinajstić information content (AvgIpc) is 2.30. The van der Waals surface area contributed by atoms with E-state index in [1.165, 1.54) is 12.1 Å². The molecule has 0 amide bonds. The number of fused-ring (bicyclic) bond motifs is 1. The van der Waals surface area contributed by atoms with Gasteiger partial charge in [-0.25, -0.2) is 9.37 Å². The van der Waals surface area contributed by atoms with Gasteiger partial charge in [-0.15, -0.1) is 0 Å². The van der Waals surface area contributed by atoms with Crippen LogP contribution in [0.1, 0.15) is 6.42 Å². The first-order valence-corrected chi connectivity index (χ1v) is 5.20. The van der Waals surface area contributed by atoms with Gasteiger partial charge in [0, 0.05) is 24.7 Å². The minimum atomic E-state index is -0.272. The fraction of sp³-hybridized carbons (Fsp3) is 0.250. The maximum absolute atomic E-state index is 13.1. The van der Waals surface area contributed by atoms with Crippen molar-refractivity contribution in [3.8, 4) is 0 Å². The number of aromatic nitrogens is 1. The van der Waals surface area contributed by atoms with E-state index in [1.54, 1.807) is 12.3 Å². The average molecular weight is 220 g/mol. The number of hydrogen-bond donors (Lipinski definition) is 2. The Kier molecular flexibility index (Phi) is 3.31. The van der Waals surface area contributed by atoms with Crippen molar-refractivity contribution in [3.63, 3.8) is 0 Å². The largest absolute Gasteiger partial charge is 0.396 e. The Labute approximate surface area is 92.9 Å². The predicted octanol–water partition coefficient (Wildman–Crippen LogP) is 2.17. The summed E-state index contributed by atoms with van der Waals surface area (Å²) in [4.78, 5) is 4.16. The van der Waals surface area contributed by atoms with E-state index in [0.29, 0.717) is 18.8 Å². The van der Waals surface area contributed by atoms with E-state index in [1.807, 2.05) is 6.07 Å². The maximum atomic E-state index is 13.1. The molecule has 2 aromatic rings. The van der Waals surface area contributed by atoms with Gasteiger partial charge in [-0.3, -0.25) is 0 Å². The monoisotopic (exact) mass is 220 g/mol. The molecule has 0 aliphatic carbocycles. The predicted molar refractivity (Wildman–Crippen MR) is 61.9 cm³/mol. The molecule has 3 nitrogen and oxygen atoms in total. The molecule has 0 aliphatic heterocycles. The molecule has 84 valence electrons. The molecular formula is C12H13FN2O. The van der Waals surface area contributed by atoms with E-state index < -0.39 is 0 Å². The third-order valence-corrected chi connectivity index (χ3v) is 2.36. The summed E-state index contributed by atoms with van der Waals surface area (Å²) in [6.45, 7) is 0.755. The van der Waals surface area contributed by atoms with Crippen LogP contribution in [-0.4, -0.2) is 23.2 Å². The lowest BCUT2D eigenvalue weighted by molar-refractivity contribution is 0.292. The van der Waals surface area contributed by atoms with Gasteiger partial charge in [0.2, 0.25) is 0 Å². The van der Waals surface area contributed by atoms with Gasteiger partial charge in [0.25, 0.3) is 0 Å². The number of nitrogens with zero attached hydrogens (tertiary/aromatic N) is 1. The first-order chi connectivity index (χ1) is 7.81. The molecule has 1 heterocycles. The summed E-state index contributed by atoms with van der Waals surface area (Å²) in [7, 11) is 0. The highest BCUT2D eigenvalue weighted by Gasteiger charge is 2.02. The fourth-order valence-corrected chi connectivity index (χ4v) is 1.57. The van der Waals surface area contributed by atoms with Gasteiger partial charge in [0.1, 0.15) is 11.6 Å². The molecule has 16 heavy (non-hydrogen) atoms. The second kappa shape index (κ2) is 4.90. The SMILES string of the molecule is OCCCNc1nccc2ccc(F)cc12. The summed E-state index contributed by atoms with van der Waals surface area (Å²) in [5, 5.41) is 13.5. The number of halogens is 1. The highest BCUT2D eigenvalue weighted by molar-refractivity contribution is 5.91. The van der Waals surface area contributed by atoms with Crippen molar-refractivity contribution in [1.29, 1.82) is 0 Å². The lowest BCUT2D eigenvalue weighted by Gasteiger charge is -2.07. The molecule has 0 fully saturated rings. The Balaban J connectivity index is 2.32. The summed E-state index contributed by atoms with van der Waals surface area (Å²) in [6.07, 6.45) is 2.33. The maximum Gasteiger partial charge on any atom is 0.133 e. The summed E-state index contributed by atoms with van der Waals surface area (Å²) >= 11 is 0. The lowest BCUT2D eigenvalue weighted by atomic mass is 10.1. The summed E-state index contributed by atoms with van der Waals surface area (Å²) in [6, 6.07) is 6.46. The van der Waals surface area contributed by atoms with Crippen LogP contribution in [0.5, 0.6) is 0 Å². The molecule has 0 radical (unpaired) electrons. The Hall–Kier alpha value is -1.68.